The smallest absolute Gasteiger partial charge is 0.206 e. The highest BCUT2D eigenvalue weighted by atomic mass is 15.4. The third kappa shape index (κ3) is 3.87. The molecular weight excluding hydrogens is 550 g/mol. The number of aliphatic imine (C=N–C) groups is 2. The zero-order valence-electron chi connectivity index (χ0n) is 24.7. The van der Waals surface area contributed by atoms with Gasteiger partial charge < -0.3 is 9.47 Å². The van der Waals surface area contributed by atoms with Gasteiger partial charge in [0.15, 0.2) is 5.84 Å². The molecular formula is C40H29N5. The van der Waals surface area contributed by atoms with Crippen LogP contribution in [0.2, 0.25) is 0 Å². The summed E-state index contributed by atoms with van der Waals surface area (Å²) >= 11 is 0. The highest BCUT2D eigenvalue weighted by Crippen LogP contribution is 2.42. The van der Waals surface area contributed by atoms with Crippen LogP contribution in [-0.2, 0) is 0 Å². The topological polar surface area (TPSA) is 37.8 Å². The van der Waals surface area contributed by atoms with E-state index >= 15 is 0 Å². The maximum absolute atomic E-state index is 5.42. The third-order valence-corrected chi connectivity index (χ3v) is 8.94. The predicted octanol–water partition coefficient (Wildman–Crippen LogP) is 9.19. The summed E-state index contributed by atoms with van der Waals surface area (Å²) in [6.45, 7) is 0. The van der Waals surface area contributed by atoms with E-state index in [1.807, 2.05) is 24.3 Å². The molecule has 0 saturated heterocycles. The first kappa shape index (κ1) is 25.5. The van der Waals surface area contributed by atoms with E-state index in [0.29, 0.717) is 0 Å². The number of benzene rings is 6. The summed E-state index contributed by atoms with van der Waals surface area (Å²) in [5.74, 6) is 1.61. The maximum atomic E-state index is 5.42. The van der Waals surface area contributed by atoms with Gasteiger partial charge in [-0.1, -0.05) is 127 Å². The van der Waals surface area contributed by atoms with Crippen LogP contribution in [0.1, 0.15) is 17.4 Å². The van der Waals surface area contributed by atoms with Crippen molar-refractivity contribution in [3.8, 4) is 5.69 Å². The van der Waals surface area contributed by atoms with E-state index in [2.05, 4.69) is 148 Å². The fourth-order valence-corrected chi connectivity index (χ4v) is 6.94. The first-order valence-electron chi connectivity index (χ1n) is 15.3. The lowest BCUT2D eigenvalue weighted by molar-refractivity contribution is 0.297. The largest absolute Gasteiger partial charge is 0.320 e. The Balaban J connectivity index is 1.43. The third-order valence-electron chi connectivity index (χ3n) is 8.94. The van der Waals surface area contributed by atoms with Gasteiger partial charge in [0.05, 0.1) is 22.1 Å². The van der Waals surface area contributed by atoms with E-state index < -0.39 is 0 Å². The van der Waals surface area contributed by atoms with Crippen molar-refractivity contribution in [1.82, 2.24) is 14.0 Å². The number of hydrogen-bond acceptors (Lipinski definition) is 3. The number of aromatic nitrogens is 2. The van der Waals surface area contributed by atoms with Crippen LogP contribution in [0.5, 0.6) is 0 Å². The molecule has 5 nitrogen and oxygen atoms in total. The number of amidine groups is 2. The van der Waals surface area contributed by atoms with Crippen molar-refractivity contribution in [3.05, 3.63) is 163 Å². The van der Waals surface area contributed by atoms with Gasteiger partial charge in [0.25, 0.3) is 0 Å². The number of rotatable bonds is 4. The quantitative estimate of drug-likeness (QED) is 0.205. The van der Waals surface area contributed by atoms with Gasteiger partial charge in [0, 0.05) is 45.4 Å². The van der Waals surface area contributed by atoms with Gasteiger partial charge in [-0.25, -0.2) is 9.98 Å². The maximum Gasteiger partial charge on any atom is 0.206 e. The van der Waals surface area contributed by atoms with Crippen molar-refractivity contribution < 1.29 is 0 Å². The minimum Gasteiger partial charge on any atom is -0.320 e. The highest BCUT2D eigenvalue weighted by Gasteiger charge is 2.31. The Morgan fingerprint density at radius 2 is 1.02 bits per heavy atom. The number of nitrogens with zero attached hydrogens (tertiary/aromatic N) is 5. The molecule has 0 fully saturated rings. The van der Waals surface area contributed by atoms with E-state index in [9.17, 15) is 0 Å². The van der Waals surface area contributed by atoms with Gasteiger partial charge in [-0.15, -0.1) is 0 Å². The van der Waals surface area contributed by atoms with Crippen molar-refractivity contribution in [2.24, 2.45) is 9.98 Å². The average molecular weight is 580 g/mol. The summed E-state index contributed by atoms with van der Waals surface area (Å²) in [6.07, 6.45) is -0.386. The van der Waals surface area contributed by atoms with Gasteiger partial charge >= 0.3 is 0 Å². The summed E-state index contributed by atoms with van der Waals surface area (Å²) in [5, 5.41) is 4.85. The Morgan fingerprint density at radius 3 is 1.71 bits per heavy atom. The Labute approximate surface area is 260 Å². The second-order valence-corrected chi connectivity index (χ2v) is 11.5. The summed E-state index contributed by atoms with van der Waals surface area (Å²) in [7, 11) is 2.11. The molecule has 6 aromatic carbocycles. The lowest BCUT2D eigenvalue weighted by atomic mass is 10.1. The average Bonchev–Trinajstić information content (AvgIpc) is 3.63. The SMILES string of the molecule is CN1C(c2ccccc2)=NC(c2ccccc2)=NC1n1c2ccccc2c2ccc3c4ccccc4n(-c4ccccc4)c3c21. The lowest BCUT2D eigenvalue weighted by Gasteiger charge is -2.34. The van der Waals surface area contributed by atoms with Gasteiger partial charge in [-0.3, -0.25) is 4.57 Å². The molecule has 5 heteroatoms. The van der Waals surface area contributed by atoms with Crippen LogP contribution >= 0.6 is 0 Å². The molecule has 0 amide bonds. The van der Waals surface area contributed by atoms with E-state index in [0.717, 1.165) is 39.5 Å². The van der Waals surface area contributed by atoms with E-state index in [4.69, 9.17) is 9.98 Å². The van der Waals surface area contributed by atoms with Crippen molar-refractivity contribution in [3.63, 3.8) is 0 Å². The molecule has 8 aromatic rings. The molecule has 1 aliphatic rings. The van der Waals surface area contributed by atoms with Gasteiger partial charge in [-0.2, -0.15) is 0 Å². The fourth-order valence-electron chi connectivity index (χ4n) is 6.94. The molecule has 0 aliphatic carbocycles. The monoisotopic (exact) mass is 579 g/mol. The Bertz CT molecular complexity index is 2430. The normalized spacial score (nSPS) is 15.2. The molecule has 9 rings (SSSR count). The molecule has 0 spiro atoms. The molecule has 0 N–H and O–H groups in total. The molecule has 1 atom stereocenters. The van der Waals surface area contributed by atoms with Gasteiger partial charge in [0.2, 0.25) is 6.29 Å². The first-order chi connectivity index (χ1) is 22.3. The zero-order chi connectivity index (χ0) is 29.9. The molecule has 2 aromatic heterocycles. The van der Waals surface area contributed by atoms with Crippen LogP contribution in [0, 0.1) is 0 Å². The second kappa shape index (κ2) is 10.1. The second-order valence-electron chi connectivity index (χ2n) is 11.5. The summed E-state index contributed by atoms with van der Waals surface area (Å²) in [5.41, 5.74) is 7.81. The van der Waals surface area contributed by atoms with Crippen LogP contribution in [0.25, 0.3) is 49.3 Å². The summed E-state index contributed by atoms with van der Waals surface area (Å²) < 4.78 is 4.84. The minimum atomic E-state index is -0.386. The molecule has 1 unspecified atom stereocenters. The highest BCUT2D eigenvalue weighted by molar-refractivity contribution is 6.23. The minimum absolute atomic E-state index is 0.386. The van der Waals surface area contributed by atoms with Gasteiger partial charge in [-0.05, 0) is 24.3 Å². The van der Waals surface area contributed by atoms with Crippen molar-refractivity contribution in [1.29, 1.82) is 0 Å². The Hall–Kier alpha value is -5.94. The molecule has 0 saturated carbocycles. The Morgan fingerprint density at radius 1 is 0.489 bits per heavy atom. The zero-order valence-corrected chi connectivity index (χ0v) is 24.7. The first-order valence-corrected chi connectivity index (χ1v) is 15.3. The summed E-state index contributed by atoms with van der Waals surface area (Å²) in [4.78, 5) is 12.8. The number of para-hydroxylation sites is 3. The van der Waals surface area contributed by atoms with Crippen LogP contribution in [0.4, 0.5) is 0 Å². The van der Waals surface area contributed by atoms with Crippen molar-refractivity contribution in [2.75, 3.05) is 7.05 Å². The molecule has 3 heterocycles. The van der Waals surface area contributed by atoms with Crippen LogP contribution < -0.4 is 0 Å². The molecule has 214 valence electrons. The number of hydrogen-bond donors (Lipinski definition) is 0. The summed E-state index contributed by atoms with van der Waals surface area (Å²) in [6, 6.07) is 53.4. The van der Waals surface area contributed by atoms with Crippen molar-refractivity contribution >= 4 is 55.3 Å². The standard InChI is InChI=1S/C40H29N5/c1-43-39(28-17-7-3-8-18-28)41-38(27-15-5-2-6-16-27)42-40(43)45-35-24-14-12-22-31(35)33-26-25-32-30-21-11-13-23-34(30)44(36(32)37(33)45)29-19-9-4-10-20-29/h2-26,40H,1H3. The molecule has 0 bridgehead atoms. The van der Waals surface area contributed by atoms with E-state index in [1.165, 1.54) is 32.6 Å². The molecule has 1 aliphatic heterocycles. The number of fused-ring (bicyclic) bond motifs is 7. The Kier molecular flexibility index (Phi) is 5.72. The van der Waals surface area contributed by atoms with Crippen LogP contribution in [0.15, 0.2) is 162 Å². The predicted molar refractivity (Wildman–Crippen MR) is 187 cm³/mol. The fraction of sp³-hybridized carbons (Fsp3) is 0.0500. The van der Waals surface area contributed by atoms with Crippen LogP contribution in [0.3, 0.4) is 0 Å². The lowest BCUT2D eigenvalue weighted by Crippen LogP contribution is -2.38. The van der Waals surface area contributed by atoms with Crippen LogP contribution in [-0.4, -0.2) is 32.8 Å². The van der Waals surface area contributed by atoms with Gasteiger partial charge in [0.1, 0.15) is 5.84 Å². The molecule has 0 radical (unpaired) electrons. The van der Waals surface area contributed by atoms with E-state index in [1.54, 1.807) is 0 Å². The van der Waals surface area contributed by atoms with Crippen molar-refractivity contribution in [2.45, 2.75) is 6.29 Å². The van der Waals surface area contributed by atoms with E-state index in [-0.39, 0.29) is 6.29 Å². The molecule has 45 heavy (non-hydrogen) atoms.